The van der Waals surface area contributed by atoms with Crippen molar-refractivity contribution in [3.63, 3.8) is 0 Å². The van der Waals surface area contributed by atoms with Gasteiger partial charge in [0.2, 0.25) is 0 Å². The van der Waals surface area contributed by atoms with Gasteiger partial charge in [0.1, 0.15) is 11.2 Å². The van der Waals surface area contributed by atoms with Gasteiger partial charge < -0.3 is 4.42 Å². The lowest BCUT2D eigenvalue weighted by atomic mass is 9.67. The molecule has 1 saturated carbocycles. The van der Waals surface area contributed by atoms with Crippen molar-refractivity contribution in [3.05, 3.63) is 181 Å². The van der Waals surface area contributed by atoms with Crippen LogP contribution in [-0.4, -0.2) is 9.97 Å². The van der Waals surface area contributed by atoms with Gasteiger partial charge in [0, 0.05) is 32.9 Å². The first-order valence-corrected chi connectivity index (χ1v) is 19.5. The van der Waals surface area contributed by atoms with Gasteiger partial charge in [-0.05, 0) is 93.7 Å². The zero-order chi connectivity index (χ0) is 36.3. The Hall–Kier alpha value is -6.58. The number of nitrogens with zero attached hydrogens (tertiary/aromatic N) is 2. The molecule has 2 aliphatic rings. The van der Waals surface area contributed by atoms with Crippen LogP contribution in [0.1, 0.15) is 43.2 Å². The molecule has 2 aliphatic carbocycles. The van der Waals surface area contributed by atoms with Crippen molar-refractivity contribution in [1.29, 1.82) is 0 Å². The van der Waals surface area contributed by atoms with Crippen LogP contribution in [-0.2, 0) is 5.41 Å². The van der Waals surface area contributed by atoms with Gasteiger partial charge in [-0.2, -0.15) is 0 Å². The van der Waals surface area contributed by atoms with Crippen LogP contribution in [0.2, 0.25) is 0 Å². The number of rotatable bonds is 5. The smallest absolute Gasteiger partial charge is 0.160 e. The summed E-state index contributed by atoms with van der Waals surface area (Å²) in [5.41, 5.74) is 17.3. The van der Waals surface area contributed by atoms with Gasteiger partial charge in [0.15, 0.2) is 5.82 Å². The largest absolute Gasteiger partial charge is 0.456 e. The summed E-state index contributed by atoms with van der Waals surface area (Å²) in [6.45, 7) is 0. The molecule has 0 radical (unpaired) electrons. The number of furan rings is 1. The molecule has 0 amide bonds. The molecule has 1 spiro atoms. The van der Waals surface area contributed by atoms with E-state index in [1.807, 2.05) is 24.3 Å². The average Bonchev–Trinajstić information content (AvgIpc) is 3.76. The molecule has 0 unspecified atom stereocenters. The van der Waals surface area contributed by atoms with Crippen LogP contribution in [0.15, 0.2) is 174 Å². The number of hydrogen-bond acceptors (Lipinski definition) is 3. The van der Waals surface area contributed by atoms with E-state index in [9.17, 15) is 0 Å². The Morgan fingerprint density at radius 3 is 1.65 bits per heavy atom. The fraction of sp³-hybridized carbons (Fsp3) is 0.115. The van der Waals surface area contributed by atoms with Crippen molar-refractivity contribution in [3.8, 4) is 67.3 Å². The molecule has 0 bridgehead atoms. The van der Waals surface area contributed by atoms with Crippen LogP contribution in [0.5, 0.6) is 0 Å². The molecule has 262 valence electrons. The van der Waals surface area contributed by atoms with E-state index in [0.29, 0.717) is 5.82 Å². The summed E-state index contributed by atoms with van der Waals surface area (Å²) < 4.78 is 6.67. The van der Waals surface area contributed by atoms with Crippen LogP contribution in [0.3, 0.4) is 0 Å². The molecule has 1 fully saturated rings. The zero-order valence-electron chi connectivity index (χ0n) is 30.5. The highest BCUT2D eigenvalue weighted by Gasteiger charge is 2.43. The standard InChI is InChI=1S/C52H38N2O/c1-4-12-34(13-5-1)35-18-20-36(21-19-35)47-33-48(54-51(53-47)37-14-6-2-7-15-37)40-24-27-44-43-26-23-39(31-49(43)55-50(44)32-40)38-22-25-42-41-16-8-9-17-45(41)52(46(42)30-38)28-10-3-11-29-52/h1-2,4-9,12-27,30-33H,3,10-11,28-29H2. The summed E-state index contributed by atoms with van der Waals surface area (Å²) in [4.78, 5) is 10.2. The summed E-state index contributed by atoms with van der Waals surface area (Å²) in [5.74, 6) is 0.696. The third-order valence-corrected chi connectivity index (χ3v) is 12.1. The Bertz CT molecular complexity index is 2880. The molecule has 2 aromatic heterocycles. The third-order valence-electron chi connectivity index (χ3n) is 12.1. The van der Waals surface area contributed by atoms with Crippen molar-refractivity contribution in [2.45, 2.75) is 37.5 Å². The van der Waals surface area contributed by atoms with Crippen molar-refractivity contribution in [2.24, 2.45) is 0 Å². The summed E-state index contributed by atoms with van der Waals surface area (Å²) in [6, 6.07) is 60.8. The maximum Gasteiger partial charge on any atom is 0.160 e. The maximum atomic E-state index is 6.67. The van der Waals surface area contributed by atoms with E-state index in [1.54, 1.807) is 0 Å². The van der Waals surface area contributed by atoms with Crippen LogP contribution in [0.25, 0.3) is 89.2 Å². The van der Waals surface area contributed by atoms with E-state index in [1.165, 1.54) is 76.6 Å². The minimum atomic E-state index is 0.132. The fourth-order valence-electron chi connectivity index (χ4n) is 9.37. The molecule has 0 atom stereocenters. The predicted molar refractivity (Wildman–Crippen MR) is 226 cm³/mol. The van der Waals surface area contributed by atoms with Gasteiger partial charge in [-0.25, -0.2) is 9.97 Å². The minimum absolute atomic E-state index is 0.132. The first-order chi connectivity index (χ1) is 27.2. The topological polar surface area (TPSA) is 38.9 Å². The number of hydrogen-bond donors (Lipinski definition) is 0. The van der Waals surface area contributed by atoms with Crippen molar-refractivity contribution < 1.29 is 4.42 Å². The molecule has 0 saturated heterocycles. The molecule has 55 heavy (non-hydrogen) atoms. The summed E-state index contributed by atoms with van der Waals surface area (Å²) in [7, 11) is 0. The Labute approximate surface area is 321 Å². The van der Waals surface area contributed by atoms with Crippen molar-refractivity contribution in [2.75, 3.05) is 0 Å². The normalized spacial score (nSPS) is 14.3. The Morgan fingerprint density at radius 1 is 0.382 bits per heavy atom. The van der Waals surface area contributed by atoms with E-state index >= 15 is 0 Å². The lowest BCUT2D eigenvalue weighted by Crippen LogP contribution is -2.28. The van der Waals surface area contributed by atoms with Crippen LogP contribution < -0.4 is 0 Å². The lowest BCUT2D eigenvalue weighted by molar-refractivity contribution is 0.353. The Balaban J connectivity index is 0.974. The molecule has 2 heterocycles. The first-order valence-electron chi connectivity index (χ1n) is 19.5. The highest BCUT2D eigenvalue weighted by Crippen LogP contribution is 2.56. The van der Waals surface area contributed by atoms with E-state index in [2.05, 4.69) is 146 Å². The molecule has 0 N–H and O–H groups in total. The predicted octanol–water partition coefficient (Wildman–Crippen LogP) is 13.9. The molecule has 9 aromatic rings. The van der Waals surface area contributed by atoms with Gasteiger partial charge >= 0.3 is 0 Å². The van der Waals surface area contributed by atoms with Gasteiger partial charge in [-0.1, -0.05) is 153 Å². The second-order valence-electron chi connectivity index (χ2n) is 15.2. The number of aromatic nitrogens is 2. The summed E-state index contributed by atoms with van der Waals surface area (Å²) >= 11 is 0. The SMILES string of the molecule is c1ccc(-c2ccc(-c3cc(-c4ccc5c(c4)oc4cc(-c6ccc7c(c6)C6(CCCCC6)c6ccccc6-7)ccc45)nc(-c4ccccc4)n3)cc2)cc1. The van der Waals surface area contributed by atoms with Crippen LogP contribution in [0, 0.1) is 0 Å². The quantitative estimate of drug-likeness (QED) is 0.179. The Kier molecular flexibility index (Phi) is 7.41. The zero-order valence-corrected chi connectivity index (χ0v) is 30.5. The van der Waals surface area contributed by atoms with Gasteiger partial charge in [0.05, 0.1) is 11.4 Å². The molecule has 0 aliphatic heterocycles. The second kappa shape index (κ2) is 12.8. The summed E-state index contributed by atoms with van der Waals surface area (Å²) in [6.07, 6.45) is 6.37. The summed E-state index contributed by atoms with van der Waals surface area (Å²) in [5, 5.41) is 2.22. The molecular weight excluding hydrogens is 669 g/mol. The van der Waals surface area contributed by atoms with Crippen LogP contribution in [0.4, 0.5) is 0 Å². The van der Waals surface area contributed by atoms with Crippen LogP contribution >= 0.6 is 0 Å². The highest BCUT2D eigenvalue weighted by molar-refractivity contribution is 6.07. The molecule has 3 heteroatoms. The maximum absolute atomic E-state index is 6.67. The van der Waals surface area contributed by atoms with E-state index in [-0.39, 0.29) is 5.41 Å². The van der Waals surface area contributed by atoms with Crippen molar-refractivity contribution in [1.82, 2.24) is 9.97 Å². The second-order valence-corrected chi connectivity index (χ2v) is 15.2. The van der Waals surface area contributed by atoms with Gasteiger partial charge in [0.25, 0.3) is 0 Å². The third kappa shape index (κ3) is 5.33. The average molecular weight is 707 g/mol. The Morgan fingerprint density at radius 2 is 0.909 bits per heavy atom. The van der Waals surface area contributed by atoms with Gasteiger partial charge in [-0.3, -0.25) is 0 Å². The molecule has 7 aromatic carbocycles. The number of benzene rings is 7. The fourth-order valence-corrected chi connectivity index (χ4v) is 9.37. The van der Waals surface area contributed by atoms with Gasteiger partial charge in [-0.15, -0.1) is 0 Å². The van der Waals surface area contributed by atoms with Crippen molar-refractivity contribution >= 4 is 21.9 Å². The highest BCUT2D eigenvalue weighted by atomic mass is 16.3. The monoisotopic (exact) mass is 706 g/mol. The molecule has 3 nitrogen and oxygen atoms in total. The van der Waals surface area contributed by atoms with E-state index < -0.39 is 0 Å². The van der Waals surface area contributed by atoms with E-state index in [0.717, 1.165) is 50.0 Å². The lowest BCUT2D eigenvalue weighted by Gasteiger charge is -2.36. The molecule has 11 rings (SSSR count). The number of fused-ring (bicyclic) bond motifs is 8. The molecular formula is C52H38N2O. The first kappa shape index (κ1) is 31.9. The minimum Gasteiger partial charge on any atom is -0.456 e. The van der Waals surface area contributed by atoms with E-state index in [4.69, 9.17) is 14.4 Å².